The lowest BCUT2D eigenvalue weighted by atomic mass is 10.0. The molecule has 3 saturated heterocycles. The highest BCUT2D eigenvalue weighted by molar-refractivity contribution is 6.05. The zero-order valence-electron chi connectivity index (χ0n) is 22.3. The molecule has 1 N–H and O–H groups in total. The summed E-state index contributed by atoms with van der Waals surface area (Å²) < 4.78 is 11.9. The molecule has 5 heterocycles. The lowest BCUT2D eigenvalue weighted by molar-refractivity contribution is -0.136. The molecule has 2 aromatic carbocycles. The molecule has 3 atom stereocenters. The third-order valence-electron chi connectivity index (χ3n) is 8.56. The molecule has 7 rings (SSSR count). The number of rotatable bonds is 6. The number of aromatic nitrogens is 1. The van der Waals surface area contributed by atoms with Crippen LogP contribution in [0.4, 0.5) is 0 Å². The molecule has 40 heavy (non-hydrogen) atoms. The van der Waals surface area contributed by atoms with Crippen LogP contribution in [-0.4, -0.2) is 71.0 Å². The van der Waals surface area contributed by atoms with Crippen molar-refractivity contribution in [3.05, 3.63) is 70.9 Å². The summed E-state index contributed by atoms with van der Waals surface area (Å²) in [5.41, 5.74) is 4.87. The summed E-state index contributed by atoms with van der Waals surface area (Å²) >= 11 is 0. The van der Waals surface area contributed by atoms with Gasteiger partial charge in [0.05, 0.1) is 12.1 Å². The van der Waals surface area contributed by atoms with E-state index in [4.69, 9.17) is 14.5 Å². The van der Waals surface area contributed by atoms with Gasteiger partial charge < -0.3 is 14.4 Å². The van der Waals surface area contributed by atoms with E-state index in [1.807, 2.05) is 12.1 Å². The summed E-state index contributed by atoms with van der Waals surface area (Å²) in [4.78, 5) is 45.6. The van der Waals surface area contributed by atoms with Crippen LogP contribution in [0.2, 0.25) is 0 Å². The van der Waals surface area contributed by atoms with Crippen molar-refractivity contribution in [2.45, 2.75) is 56.8 Å². The second kappa shape index (κ2) is 10.3. The van der Waals surface area contributed by atoms with Gasteiger partial charge in [-0.25, -0.2) is 0 Å². The summed E-state index contributed by atoms with van der Waals surface area (Å²) in [5, 5.41) is 3.51. The maximum atomic E-state index is 13.0. The summed E-state index contributed by atoms with van der Waals surface area (Å²) in [5.74, 6) is 0.294. The molecule has 206 valence electrons. The van der Waals surface area contributed by atoms with Crippen LogP contribution in [0.5, 0.6) is 5.75 Å². The molecule has 1 unspecified atom stereocenters. The first kappa shape index (κ1) is 25.2. The zero-order chi connectivity index (χ0) is 27.2. The van der Waals surface area contributed by atoms with Gasteiger partial charge in [0.25, 0.3) is 5.91 Å². The van der Waals surface area contributed by atoms with Gasteiger partial charge in [-0.3, -0.25) is 29.6 Å². The standard InChI is InChI=1S/C31H32N4O5/c36-29-8-7-28(30(37)33-29)35-16-22-14-23(3-4-25(22)31(35)38)40-24-9-11-34(17-24)15-19-1-5-26-20(13-19)2-6-27(32-26)21-10-12-39-18-21/h1-6,13-14,21,24,28H,7-12,15-18H2,(H,33,36,37)/t21-,24+,28?/m1/s1. The van der Waals surface area contributed by atoms with E-state index >= 15 is 0 Å². The number of fused-ring (bicyclic) bond motifs is 2. The number of carbonyl (C=O) groups is 3. The van der Waals surface area contributed by atoms with Crippen molar-refractivity contribution in [3.8, 4) is 5.75 Å². The zero-order valence-corrected chi connectivity index (χ0v) is 22.3. The van der Waals surface area contributed by atoms with Gasteiger partial charge in [0, 0.05) is 61.8 Å². The smallest absolute Gasteiger partial charge is 0.255 e. The number of nitrogens with one attached hydrogen (secondary N) is 1. The topological polar surface area (TPSA) is 101 Å². The van der Waals surface area contributed by atoms with Gasteiger partial charge >= 0.3 is 0 Å². The SMILES string of the molecule is O=C1CCC(N2Cc3cc(O[C@H]4CCN(Cc5ccc6nc([C@@H]7CCOC7)ccc6c5)C4)ccc3C2=O)C(=O)N1. The Balaban J connectivity index is 0.965. The van der Waals surface area contributed by atoms with Gasteiger partial charge in [0.1, 0.15) is 17.9 Å². The number of hydrogen-bond acceptors (Lipinski definition) is 7. The summed E-state index contributed by atoms with van der Waals surface area (Å²) in [6.45, 7) is 4.57. The van der Waals surface area contributed by atoms with Crippen molar-refractivity contribution in [2.75, 3.05) is 26.3 Å². The van der Waals surface area contributed by atoms with E-state index in [9.17, 15) is 14.4 Å². The van der Waals surface area contributed by atoms with Gasteiger partial charge in [-0.05, 0) is 66.8 Å². The third-order valence-corrected chi connectivity index (χ3v) is 8.56. The van der Waals surface area contributed by atoms with Crippen molar-refractivity contribution < 1.29 is 23.9 Å². The summed E-state index contributed by atoms with van der Waals surface area (Å²) in [6.07, 6.45) is 2.64. The fraction of sp³-hybridized carbons (Fsp3) is 0.419. The van der Waals surface area contributed by atoms with Gasteiger partial charge in [0.2, 0.25) is 11.8 Å². The van der Waals surface area contributed by atoms with E-state index < -0.39 is 11.9 Å². The Kier molecular flexibility index (Phi) is 6.48. The number of hydrogen-bond donors (Lipinski definition) is 1. The number of nitrogens with zero attached hydrogens (tertiary/aromatic N) is 3. The molecule has 9 nitrogen and oxygen atoms in total. The van der Waals surface area contributed by atoms with Crippen molar-refractivity contribution in [2.24, 2.45) is 0 Å². The van der Waals surface area contributed by atoms with E-state index in [2.05, 4.69) is 40.5 Å². The lowest BCUT2D eigenvalue weighted by Gasteiger charge is -2.29. The predicted molar refractivity (Wildman–Crippen MR) is 147 cm³/mol. The minimum absolute atomic E-state index is 0.0692. The molecule has 0 bridgehead atoms. The Morgan fingerprint density at radius 3 is 2.80 bits per heavy atom. The maximum Gasteiger partial charge on any atom is 0.255 e. The molecule has 3 amide bonds. The minimum Gasteiger partial charge on any atom is -0.489 e. The molecule has 0 radical (unpaired) electrons. The molecule has 4 aliphatic heterocycles. The van der Waals surface area contributed by atoms with Crippen molar-refractivity contribution in [3.63, 3.8) is 0 Å². The third kappa shape index (κ3) is 4.84. The molecular weight excluding hydrogens is 508 g/mol. The van der Waals surface area contributed by atoms with Crippen LogP contribution in [0.15, 0.2) is 48.5 Å². The number of amides is 3. The van der Waals surface area contributed by atoms with Gasteiger partial charge in [-0.15, -0.1) is 0 Å². The summed E-state index contributed by atoms with van der Waals surface area (Å²) in [7, 11) is 0. The molecule has 4 aliphatic rings. The predicted octanol–water partition coefficient (Wildman–Crippen LogP) is 3.15. The largest absolute Gasteiger partial charge is 0.489 e. The quantitative estimate of drug-likeness (QED) is 0.480. The van der Waals surface area contributed by atoms with Crippen LogP contribution in [0, 0.1) is 0 Å². The molecule has 1 aromatic heterocycles. The first-order chi connectivity index (χ1) is 19.5. The molecule has 3 fully saturated rings. The van der Waals surface area contributed by atoms with Crippen molar-refractivity contribution in [1.29, 1.82) is 0 Å². The van der Waals surface area contributed by atoms with Crippen LogP contribution >= 0.6 is 0 Å². The van der Waals surface area contributed by atoms with E-state index in [-0.39, 0.29) is 24.3 Å². The van der Waals surface area contributed by atoms with E-state index in [0.717, 1.165) is 73.6 Å². The molecule has 0 aliphatic carbocycles. The summed E-state index contributed by atoms with van der Waals surface area (Å²) in [6, 6.07) is 15.8. The van der Waals surface area contributed by atoms with Crippen molar-refractivity contribution in [1.82, 2.24) is 20.1 Å². The molecule has 0 saturated carbocycles. The Morgan fingerprint density at radius 1 is 1.02 bits per heavy atom. The number of pyridine rings is 1. The molecule has 0 spiro atoms. The first-order valence-corrected chi connectivity index (χ1v) is 14.1. The lowest BCUT2D eigenvalue weighted by Crippen LogP contribution is -2.52. The van der Waals surface area contributed by atoms with Gasteiger partial charge in [-0.1, -0.05) is 12.1 Å². The Bertz CT molecular complexity index is 1500. The van der Waals surface area contributed by atoms with Gasteiger partial charge in [0.15, 0.2) is 0 Å². The number of benzene rings is 2. The molecule has 3 aromatic rings. The average molecular weight is 541 g/mol. The van der Waals surface area contributed by atoms with Crippen LogP contribution in [0.3, 0.4) is 0 Å². The number of piperidine rings is 1. The van der Waals surface area contributed by atoms with Crippen LogP contribution in [-0.2, 0) is 27.4 Å². The van der Waals surface area contributed by atoms with E-state index in [1.165, 1.54) is 5.56 Å². The van der Waals surface area contributed by atoms with Crippen LogP contribution in [0.25, 0.3) is 10.9 Å². The fourth-order valence-electron chi connectivity index (χ4n) is 6.40. The second-order valence-electron chi connectivity index (χ2n) is 11.3. The minimum atomic E-state index is -0.611. The molecular formula is C31H32N4O5. The van der Waals surface area contributed by atoms with Crippen molar-refractivity contribution >= 4 is 28.6 Å². The highest BCUT2D eigenvalue weighted by Gasteiger charge is 2.39. The Morgan fingerprint density at radius 2 is 1.95 bits per heavy atom. The number of carbonyl (C=O) groups excluding carboxylic acids is 3. The Hall–Kier alpha value is -3.82. The second-order valence-corrected chi connectivity index (χ2v) is 11.3. The van der Waals surface area contributed by atoms with Gasteiger partial charge in [-0.2, -0.15) is 0 Å². The van der Waals surface area contributed by atoms with E-state index in [0.29, 0.717) is 24.4 Å². The average Bonchev–Trinajstić information content (AvgIpc) is 3.70. The Labute approximate surface area is 232 Å². The monoisotopic (exact) mass is 540 g/mol. The maximum absolute atomic E-state index is 13.0. The number of likely N-dealkylation sites (tertiary alicyclic amines) is 1. The first-order valence-electron chi connectivity index (χ1n) is 14.1. The van der Waals surface area contributed by atoms with E-state index in [1.54, 1.807) is 11.0 Å². The highest BCUT2D eigenvalue weighted by atomic mass is 16.5. The molecule has 9 heteroatoms. The highest BCUT2D eigenvalue weighted by Crippen LogP contribution is 2.31. The number of imide groups is 1. The number of ether oxygens (including phenoxy) is 2. The van der Waals surface area contributed by atoms with Crippen LogP contribution in [0.1, 0.15) is 58.8 Å². The normalized spacial score (nSPS) is 25.1. The fourth-order valence-corrected chi connectivity index (χ4v) is 6.40. The van der Waals surface area contributed by atoms with Crippen LogP contribution < -0.4 is 10.1 Å².